The molecule has 1 heterocycles. The van der Waals surface area contributed by atoms with E-state index in [0.29, 0.717) is 11.4 Å². The van der Waals surface area contributed by atoms with Gasteiger partial charge < -0.3 is 5.32 Å². The Hall–Kier alpha value is -1.16. The van der Waals surface area contributed by atoms with Gasteiger partial charge in [0.1, 0.15) is 5.82 Å². The third-order valence-corrected chi connectivity index (χ3v) is 5.10. The van der Waals surface area contributed by atoms with Crippen LogP contribution in [0, 0.1) is 5.82 Å². The zero-order valence-electron chi connectivity index (χ0n) is 11.9. The summed E-state index contributed by atoms with van der Waals surface area (Å²) in [4.78, 5) is 0.776. The number of thiocarbonyl (C=S) groups is 1. The summed E-state index contributed by atoms with van der Waals surface area (Å²) in [5.41, 5.74) is 1.55. The van der Waals surface area contributed by atoms with Gasteiger partial charge in [-0.15, -0.1) is 0 Å². The van der Waals surface area contributed by atoms with Crippen LogP contribution >= 0.6 is 35.4 Å². The Bertz CT molecular complexity index is 732. The molecule has 22 heavy (non-hydrogen) atoms. The van der Waals surface area contributed by atoms with Gasteiger partial charge in [-0.25, -0.2) is 4.39 Å². The Morgan fingerprint density at radius 3 is 2.50 bits per heavy atom. The summed E-state index contributed by atoms with van der Waals surface area (Å²) >= 11 is 17.1. The monoisotopic (exact) mass is 353 g/mol. The summed E-state index contributed by atoms with van der Waals surface area (Å²) < 4.78 is 13.8. The van der Waals surface area contributed by atoms with E-state index in [0.717, 1.165) is 16.1 Å². The molecule has 1 aliphatic rings. The molecule has 0 amide bonds. The minimum Gasteiger partial charge on any atom is -0.370 e. The SMILES string of the molecule is C[C@@]1(c2ccc(Cl)cc2)NC(=S)C[C@@H]1c1ccc(Cl)c(F)c1. The predicted molar refractivity (Wildman–Crippen MR) is 93.3 cm³/mol. The predicted octanol–water partition coefficient (Wildman–Crippen LogP) is 5.45. The number of nitrogens with one attached hydrogen (secondary N) is 1. The van der Waals surface area contributed by atoms with E-state index in [4.69, 9.17) is 35.4 Å². The first-order valence-corrected chi connectivity index (χ1v) is 8.08. The molecule has 0 aliphatic carbocycles. The summed E-state index contributed by atoms with van der Waals surface area (Å²) in [6.45, 7) is 2.08. The molecule has 1 aliphatic heterocycles. The van der Waals surface area contributed by atoms with E-state index in [-0.39, 0.29) is 10.9 Å². The molecular formula is C17H14Cl2FNS. The standard InChI is InChI=1S/C17H14Cl2FNS/c1-17(11-3-5-12(18)6-4-11)13(9-16(22)21-17)10-2-7-14(19)15(20)8-10/h2-8,13H,9H2,1H3,(H,21,22)/t13-,17+/m1/s1. The minimum absolute atomic E-state index is 0.0351. The molecule has 0 aromatic heterocycles. The van der Waals surface area contributed by atoms with Crippen molar-refractivity contribution in [2.75, 3.05) is 0 Å². The largest absolute Gasteiger partial charge is 0.370 e. The molecule has 0 saturated carbocycles. The molecule has 1 saturated heterocycles. The molecule has 0 unspecified atom stereocenters. The Kier molecular flexibility index (Phi) is 4.15. The highest BCUT2D eigenvalue weighted by molar-refractivity contribution is 7.80. The van der Waals surface area contributed by atoms with Crippen molar-refractivity contribution in [3.8, 4) is 0 Å². The van der Waals surface area contributed by atoms with Crippen molar-refractivity contribution in [3.05, 3.63) is 69.5 Å². The van der Waals surface area contributed by atoms with Crippen LogP contribution in [0.2, 0.25) is 10.0 Å². The molecule has 1 N–H and O–H groups in total. The molecule has 3 rings (SSSR count). The van der Waals surface area contributed by atoms with Crippen molar-refractivity contribution in [3.63, 3.8) is 0 Å². The van der Waals surface area contributed by atoms with Gasteiger partial charge in [-0.3, -0.25) is 0 Å². The Morgan fingerprint density at radius 2 is 1.86 bits per heavy atom. The van der Waals surface area contributed by atoms with Crippen LogP contribution in [0.4, 0.5) is 4.39 Å². The summed E-state index contributed by atoms with van der Waals surface area (Å²) in [7, 11) is 0. The molecule has 1 fully saturated rings. The lowest BCUT2D eigenvalue weighted by molar-refractivity contribution is 0.394. The first-order valence-electron chi connectivity index (χ1n) is 6.92. The van der Waals surface area contributed by atoms with Crippen molar-refractivity contribution in [2.24, 2.45) is 0 Å². The summed E-state index contributed by atoms with van der Waals surface area (Å²) in [5.74, 6) is -0.372. The van der Waals surface area contributed by atoms with E-state index in [1.54, 1.807) is 6.07 Å². The maximum absolute atomic E-state index is 13.8. The average molecular weight is 354 g/mol. The summed E-state index contributed by atoms with van der Waals surface area (Å²) in [5, 5.41) is 4.19. The van der Waals surface area contributed by atoms with Crippen molar-refractivity contribution >= 4 is 40.4 Å². The highest BCUT2D eigenvalue weighted by atomic mass is 35.5. The Morgan fingerprint density at radius 1 is 1.18 bits per heavy atom. The number of rotatable bonds is 2. The second kappa shape index (κ2) is 5.80. The van der Waals surface area contributed by atoms with Crippen LogP contribution in [0.15, 0.2) is 42.5 Å². The first kappa shape index (κ1) is 15.7. The molecule has 0 radical (unpaired) electrons. The molecule has 0 bridgehead atoms. The van der Waals surface area contributed by atoms with Crippen molar-refractivity contribution in [1.29, 1.82) is 0 Å². The van der Waals surface area contributed by atoms with Crippen LogP contribution in [0.3, 0.4) is 0 Å². The van der Waals surface area contributed by atoms with Gasteiger partial charge in [0.05, 0.1) is 15.6 Å². The molecule has 2 atom stereocenters. The van der Waals surface area contributed by atoms with Crippen LogP contribution in [0.5, 0.6) is 0 Å². The summed E-state index contributed by atoms with van der Waals surface area (Å²) in [6, 6.07) is 12.6. The van der Waals surface area contributed by atoms with Crippen LogP contribution in [0.1, 0.15) is 30.4 Å². The van der Waals surface area contributed by atoms with Gasteiger partial charge in [-0.2, -0.15) is 0 Å². The minimum atomic E-state index is -0.407. The van der Waals surface area contributed by atoms with Gasteiger partial charge >= 0.3 is 0 Å². The third-order valence-electron chi connectivity index (χ3n) is 4.28. The van der Waals surface area contributed by atoms with Crippen molar-refractivity contribution < 1.29 is 4.39 Å². The van der Waals surface area contributed by atoms with Crippen molar-refractivity contribution in [1.82, 2.24) is 5.32 Å². The Balaban J connectivity index is 2.06. The molecule has 1 nitrogen and oxygen atoms in total. The lowest BCUT2D eigenvalue weighted by atomic mass is 9.77. The van der Waals surface area contributed by atoms with Crippen LogP contribution in [-0.4, -0.2) is 4.99 Å². The number of hydrogen-bond donors (Lipinski definition) is 1. The maximum atomic E-state index is 13.8. The zero-order valence-corrected chi connectivity index (χ0v) is 14.2. The zero-order chi connectivity index (χ0) is 15.9. The van der Waals surface area contributed by atoms with Crippen LogP contribution in [0.25, 0.3) is 0 Å². The third kappa shape index (κ3) is 2.73. The number of benzene rings is 2. The molecular weight excluding hydrogens is 340 g/mol. The van der Waals surface area contributed by atoms with E-state index in [9.17, 15) is 4.39 Å². The fraction of sp³-hybridized carbons (Fsp3) is 0.235. The smallest absolute Gasteiger partial charge is 0.142 e. The molecule has 114 valence electrons. The topological polar surface area (TPSA) is 12.0 Å². The quantitative estimate of drug-likeness (QED) is 0.720. The van der Waals surface area contributed by atoms with E-state index in [1.165, 1.54) is 6.07 Å². The fourth-order valence-corrected chi connectivity index (χ4v) is 3.69. The average Bonchev–Trinajstić information content (AvgIpc) is 2.79. The van der Waals surface area contributed by atoms with Crippen LogP contribution in [-0.2, 0) is 5.54 Å². The Labute approximate surface area is 144 Å². The van der Waals surface area contributed by atoms with Crippen molar-refractivity contribution in [2.45, 2.75) is 24.8 Å². The lowest BCUT2D eigenvalue weighted by Crippen LogP contribution is -2.38. The van der Waals surface area contributed by atoms with Gasteiger partial charge in [0.2, 0.25) is 0 Å². The first-order chi connectivity index (χ1) is 10.4. The molecule has 0 spiro atoms. The molecule has 2 aromatic carbocycles. The van der Waals surface area contributed by atoms with E-state index in [1.807, 2.05) is 30.3 Å². The molecule has 5 heteroatoms. The van der Waals surface area contributed by atoms with Crippen LogP contribution < -0.4 is 5.32 Å². The van der Waals surface area contributed by atoms with Gasteiger partial charge in [-0.05, 0) is 42.3 Å². The lowest BCUT2D eigenvalue weighted by Gasteiger charge is -2.32. The molecule has 2 aromatic rings. The van der Waals surface area contributed by atoms with Gasteiger partial charge in [0, 0.05) is 17.4 Å². The number of halogens is 3. The van der Waals surface area contributed by atoms with E-state index >= 15 is 0 Å². The number of hydrogen-bond acceptors (Lipinski definition) is 1. The maximum Gasteiger partial charge on any atom is 0.142 e. The second-order valence-electron chi connectivity index (χ2n) is 5.69. The van der Waals surface area contributed by atoms with Gasteiger partial charge in [-0.1, -0.05) is 53.6 Å². The van der Waals surface area contributed by atoms with E-state index < -0.39 is 11.4 Å². The normalized spacial score (nSPS) is 24.4. The second-order valence-corrected chi connectivity index (χ2v) is 7.02. The summed E-state index contributed by atoms with van der Waals surface area (Å²) in [6.07, 6.45) is 0.676. The van der Waals surface area contributed by atoms with Gasteiger partial charge in [0.25, 0.3) is 0 Å². The highest BCUT2D eigenvalue weighted by Gasteiger charge is 2.43. The highest BCUT2D eigenvalue weighted by Crippen LogP contribution is 2.44. The van der Waals surface area contributed by atoms with E-state index in [2.05, 4.69) is 12.2 Å². The van der Waals surface area contributed by atoms with Gasteiger partial charge in [0.15, 0.2) is 0 Å². The fourth-order valence-electron chi connectivity index (χ4n) is 3.07.